The van der Waals surface area contributed by atoms with E-state index in [0.29, 0.717) is 0 Å². The lowest BCUT2D eigenvalue weighted by Gasteiger charge is -2.36. The zero-order valence-electron chi connectivity index (χ0n) is 17.5. The summed E-state index contributed by atoms with van der Waals surface area (Å²) in [6.07, 6.45) is 14.4. The van der Waals surface area contributed by atoms with Crippen molar-refractivity contribution >= 4 is 5.57 Å². The fourth-order valence-electron chi connectivity index (χ4n) is 5.12. The van der Waals surface area contributed by atoms with E-state index in [4.69, 9.17) is 0 Å². The van der Waals surface area contributed by atoms with Gasteiger partial charge in [-0.15, -0.1) is 0 Å². The first-order valence-electron chi connectivity index (χ1n) is 10.6. The zero-order valence-corrected chi connectivity index (χ0v) is 17.5. The maximum Gasteiger partial charge on any atom is 0.213 e. The van der Waals surface area contributed by atoms with Crippen LogP contribution in [-0.2, 0) is 7.05 Å². The molecule has 1 aromatic carbocycles. The highest BCUT2D eigenvalue weighted by atomic mass is 14.9. The largest absolute Gasteiger partial charge is 0.213 e. The van der Waals surface area contributed by atoms with Crippen LogP contribution in [-0.4, -0.2) is 0 Å². The molecule has 1 aromatic heterocycles. The first kappa shape index (κ1) is 18.9. The van der Waals surface area contributed by atoms with Gasteiger partial charge in [0.2, 0.25) is 5.69 Å². The van der Waals surface area contributed by atoms with Gasteiger partial charge in [0.25, 0.3) is 0 Å². The van der Waals surface area contributed by atoms with Gasteiger partial charge in [-0.1, -0.05) is 43.0 Å². The smallest absolute Gasteiger partial charge is 0.201 e. The van der Waals surface area contributed by atoms with Crippen LogP contribution >= 0.6 is 0 Å². The van der Waals surface area contributed by atoms with Crippen LogP contribution in [0.4, 0.5) is 0 Å². The van der Waals surface area contributed by atoms with Crippen LogP contribution in [0.15, 0.2) is 73.0 Å². The van der Waals surface area contributed by atoms with Gasteiger partial charge in [-0.3, -0.25) is 0 Å². The number of pyridine rings is 1. The number of nitrogens with zero attached hydrogens (tertiary/aromatic N) is 1. The Morgan fingerprint density at radius 3 is 2.57 bits per heavy atom. The summed E-state index contributed by atoms with van der Waals surface area (Å²) in [5.74, 6) is 2.90. The molecule has 3 aliphatic rings. The molecule has 1 nitrogen and oxygen atoms in total. The molecule has 1 heteroatoms. The van der Waals surface area contributed by atoms with Crippen LogP contribution in [0.25, 0.3) is 16.8 Å². The Labute approximate surface area is 170 Å². The monoisotopic (exact) mass is 370 g/mol. The first-order chi connectivity index (χ1) is 13.6. The highest BCUT2D eigenvalue weighted by Crippen LogP contribution is 2.55. The summed E-state index contributed by atoms with van der Waals surface area (Å²) >= 11 is 0. The number of hydrogen-bond acceptors (Lipinski definition) is 0. The Bertz CT molecular complexity index is 932. The van der Waals surface area contributed by atoms with Crippen LogP contribution < -0.4 is 4.57 Å². The molecule has 28 heavy (non-hydrogen) atoms. The molecule has 2 aromatic rings. The minimum absolute atomic E-state index is 0.918. The van der Waals surface area contributed by atoms with Crippen molar-refractivity contribution < 1.29 is 4.57 Å². The fraction of sp³-hybridized carbons (Fsp3) is 0.370. The maximum absolute atomic E-state index is 4.07. The van der Waals surface area contributed by atoms with E-state index in [1.807, 2.05) is 0 Å². The summed E-state index contributed by atoms with van der Waals surface area (Å²) in [6, 6.07) is 13.1. The molecule has 0 radical (unpaired) electrons. The second kappa shape index (κ2) is 7.91. The Balaban J connectivity index is 1.57. The Morgan fingerprint density at radius 2 is 1.89 bits per heavy atom. The molecule has 5 rings (SSSR count). The average Bonchev–Trinajstić information content (AvgIpc) is 3.34. The normalized spacial score (nSPS) is 24.2. The van der Waals surface area contributed by atoms with E-state index in [1.54, 1.807) is 0 Å². The van der Waals surface area contributed by atoms with Crippen LogP contribution in [0.1, 0.15) is 43.7 Å². The van der Waals surface area contributed by atoms with Gasteiger partial charge in [-0.25, -0.2) is 4.57 Å². The molecule has 0 spiro atoms. The Morgan fingerprint density at radius 1 is 1.14 bits per heavy atom. The van der Waals surface area contributed by atoms with Gasteiger partial charge >= 0.3 is 0 Å². The van der Waals surface area contributed by atoms with Crippen molar-refractivity contribution in [3.05, 3.63) is 84.1 Å². The molecular weight excluding hydrogens is 338 g/mol. The molecule has 1 heterocycles. The topological polar surface area (TPSA) is 3.88 Å². The molecule has 0 N–H and O–H groups in total. The van der Waals surface area contributed by atoms with Crippen molar-refractivity contribution in [2.24, 2.45) is 24.8 Å². The van der Waals surface area contributed by atoms with Crippen molar-refractivity contribution in [1.29, 1.82) is 0 Å². The highest BCUT2D eigenvalue weighted by Gasteiger charge is 2.45. The van der Waals surface area contributed by atoms with Crippen molar-refractivity contribution in [3.8, 4) is 11.3 Å². The van der Waals surface area contributed by atoms with Gasteiger partial charge in [0.05, 0.1) is 0 Å². The summed E-state index contributed by atoms with van der Waals surface area (Å²) in [6.45, 7) is 8.46. The van der Waals surface area contributed by atoms with Crippen molar-refractivity contribution in [1.82, 2.24) is 0 Å². The van der Waals surface area contributed by atoms with Gasteiger partial charge in [-0.2, -0.15) is 0 Å². The van der Waals surface area contributed by atoms with Crippen LogP contribution in [0.5, 0.6) is 0 Å². The lowest BCUT2D eigenvalue weighted by molar-refractivity contribution is -0.660. The molecule has 0 aliphatic heterocycles. The lowest BCUT2D eigenvalue weighted by atomic mass is 9.69. The van der Waals surface area contributed by atoms with Gasteiger partial charge in [-0.05, 0) is 85.6 Å². The minimum Gasteiger partial charge on any atom is -0.201 e. The predicted octanol–water partition coefficient (Wildman–Crippen LogP) is 6.44. The molecular formula is C27H32N+. The third-order valence-electron chi connectivity index (χ3n) is 7.03. The predicted molar refractivity (Wildman–Crippen MR) is 119 cm³/mol. The minimum atomic E-state index is 0.918. The molecule has 2 unspecified atom stereocenters. The molecule has 0 saturated heterocycles. The number of allylic oxidation sites excluding steroid dienone is 5. The van der Waals surface area contributed by atoms with E-state index in [1.165, 1.54) is 59.2 Å². The number of aryl methyl sites for hydroxylation is 2. The lowest BCUT2D eigenvalue weighted by Crippen LogP contribution is -2.30. The fourth-order valence-corrected chi connectivity index (χ4v) is 5.12. The van der Waals surface area contributed by atoms with E-state index in [0.717, 1.165) is 17.8 Å². The second-order valence-corrected chi connectivity index (χ2v) is 8.72. The van der Waals surface area contributed by atoms with E-state index >= 15 is 0 Å². The molecule has 3 fully saturated rings. The summed E-state index contributed by atoms with van der Waals surface area (Å²) in [4.78, 5) is 0. The van der Waals surface area contributed by atoms with Crippen molar-refractivity contribution in [2.45, 2.75) is 39.5 Å². The second-order valence-electron chi connectivity index (χ2n) is 8.72. The molecule has 3 aliphatic carbocycles. The number of benzene rings is 1. The molecule has 144 valence electrons. The van der Waals surface area contributed by atoms with Crippen LogP contribution in [0, 0.1) is 24.7 Å². The first-order valence-corrected chi connectivity index (χ1v) is 10.6. The zero-order chi connectivity index (χ0) is 19.7. The molecule has 2 atom stereocenters. The van der Waals surface area contributed by atoms with Gasteiger partial charge in [0.1, 0.15) is 7.05 Å². The molecule has 2 bridgehead atoms. The SMILES string of the molecule is C=C/C(=C\C=C(/C)c1cc[n+](C)c(-c2ccccc2C)c1)CC1C2CCC1C2. The van der Waals surface area contributed by atoms with Gasteiger partial charge in [0, 0.05) is 17.7 Å². The highest BCUT2D eigenvalue weighted by molar-refractivity contribution is 5.70. The third kappa shape index (κ3) is 3.63. The Kier molecular flexibility index (Phi) is 5.35. The molecule has 3 saturated carbocycles. The third-order valence-corrected chi connectivity index (χ3v) is 7.03. The van der Waals surface area contributed by atoms with Crippen molar-refractivity contribution in [2.75, 3.05) is 0 Å². The summed E-state index contributed by atoms with van der Waals surface area (Å²) in [7, 11) is 2.12. The molecule has 0 amide bonds. The van der Waals surface area contributed by atoms with E-state index < -0.39 is 0 Å². The number of rotatable bonds is 6. The summed E-state index contributed by atoms with van der Waals surface area (Å²) in [5, 5.41) is 0. The summed E-state index contributed by atoms with van der Waals surface area (Å²) < 4.78 is 2.20. The number of hydrogen-bond donors (Lipinski definition) is 0. The van der Waals surface area contributed by atoms with Crippen LogP contribution in [0.3, 0.4) is 0 Å². The average molecular weight is 371 g/mol. The summed E-state index contributed by atoms with van der Waals surface area (Å²) in [5.41, 5.74) is 7.82. The maximum atomic E-state index is 4.07. The van der Waals surface area contributed by atoms with E-state index in [2.05, 4.69) is 92.9 Å². The Hall–Kier alpha value is -2.41. The standard InChI is InChI=1S/C27H32N/c1-5-21(16-26-23-12-13-24(26)17-23)11-10-19(2)22-14-15-28(4)27(18-22)25-9-7-6-8-20(25)3/h5-11,14-15,18,23-24,26H,1,12-13,16-17H2,2-4H3/q+1/b19-10+,21-11+. The quantitative estimate of drug-likeness (QED) is 0.407. The number of fused-ring (bicyclic) bond motifs is 1. The van der Waals surface area contributed by atoms with E-state index in [9.17, 15) is 0 Å². The van der Waals surface area contributed by atoms with Crippen molar-refractivity contribution in [3.63, 3.8) is 0 Å². The number of aromatic nitrogens is 1. The van der Waals surface area contributed by atoms with E-state index in [-0.39, 0.29) is 0 Å². The van der Waals surface area contributed by atoms with Gasteiger partial charge < -0.3 is 0 Å². The van der Waals surface area contributed by atoms with Gasteiger partial charge in [0.15, 0.2) is 6.20 Å². The van der Waals surface area contributed by atoms with Crippen LogP contribution in [0.2, 0.25) is 0 Å².